The van der Waals surface area contributed by atoms with E-state index >= 15 is 0 Å². The topological polar surface area (TPSA) is 73.2 Å². The SMILES string of the molecule is COc1ccccc1[C@H](C)NC(=O)Cn1cnc2scc(-c3ccc(C)cc3)c2c1=O. The summed E-state index contributed by atoms with van der Waals surface area (Å²) in [5.41, 5.74) is 3.61. The molecular weight excluding hydrogens is 410 g/mol. The molecule has 0 fully saturated rings. The molecule has 2 aromatic heterocycles. The van der Waals surface area contributed by atoms with Crippen LogP contribution in [0, 0.1) is 6.92 Å². The predicted molar refractivity (Wildman–Crippen MR) is 124 cm³/mol. The van der Waals surface area contributed by atoms with Crippen molar-refractivity contribution in [3.63, 3.8) is 0 Å². The van der Waals surface area contributed by atoms with E-state index in [0.29, 0.717) is 16.0 Å². The summed E-state index contributed by atoms with van der Waals surface area (Å²) in [5, 5.41) is 5.42. The summed E-state index contributed by atoms with van der Waals surface area (Å²) >= 11 is 1.43. The maximum absolute atomic E-state index is 13.2. The molecule has 0 aliphatic carbocycles. The number of aromatic nitrogens is 2. The lowest BCUT2D eigenvalue weighted by Gasteiger charge is -2.17. The lowest BCUT2D eigenvalue weighted by Crippen LogP contribution is -2.34. The Labute approximate surface area is 184 Å². The summed E-state index contributed by atoms with van der Waals surface area (Å²) < 4.78 is 6.73. The number of methoxy groups -OCH3 is 1. The molecule has 6 nitrogen and oxygen atoms in total. The van der Waals surface area contributed by atoms with Crippen LogP contribution < -0.4 is 15.6 Å². The number of nitrogens with zero attached hydrogens (tertiary/aromatic N) is 2. The minimum atomic E-state index is -0.270. The van der Waals surface area contributed by atoms with Crippen molar-refractivity contribution in [3.8, 4) is 16.9 Å². The second kappa shape index (κ2) is 8.73. The third-order valence-electron chi connectivity index (χ3n) is 5.22. The van der Waals surface area contributed by atoms with Crippen molar-refractivity contribution in [2.45, 2.75) is 26.4 Å². The molecule has 4 aromatic rings. The maximum Gasteiger partial charge on any atom is 0.263 e. The van der Waals surface area contributed by atoms with Crippen LogP contribution in [0.3, 0.4) is 0 Å². The maximum atomic E-state index is 13.2. The van der Waals surface area contributed by atoms with Crippen LogP contribution in [-0.4, -0.2) is 22.6 Å². The van der Waals surface area contributed by atoms with E-state index < -0.39 is 0 Å². The van der Waals surface area contributed by atoms with Crippen molar-refractivity contribution < 1.29 is 9.53 Å². The van der Waals surface area contributed by atoms with Gasteiger partial charge >= 0.3 is 0 Å². The largest absolute Gasteiger partial charge is 0.496 e. The van der Waals surface area contributed by atoms with E-state index in [1.54, 1.807) is 7.11 Å². The van der Waals surface area contributed by atoms with Crippen LogP contribution in [-0.2, 0) is 11.3 Å². The predicted octanol–water partition coefficient (Wildman–Crippen LogP) is 4.32. The van der Waals surface area contributed by atoms with Gasteiger partial charge in [-0.15, -0.1) is 11.3 Å². The van der Waals surface area contributed by atoms with Gasteiger partial charge in [-0.2, -0.15) is 0 Å². The molecule has 31 heavy (non-hydrogen) atoms. The molecule has 4 rings (SSSR count). The summed E-state index contributed by atoms with van der Waals surface area (Å²) in [6.07, 6.45) is 1.44. The Morgan fingerprint density at radius 2 is 1.94 bits per heavy atom. The fraction of sp³-hybridized carbons (Fsp3) is 0.208. The molecule has 0 bridgehead atoms. The second-order valence-corrected chi connectivity index (χ2v) is 8.26. The van der Waals surface area contributed by atoms with E-state index in [4.69, 9.17) is 4.74 Å². The highest BCUT2D eigenvalue weighted by molar-refractivity contribution is 7.17. The summed E-state index contributed by atoms with van der Waals surface area (Å²) in [4.78, 5) is 30.9. The Morgan fingerprint density at radius 1 is 1.19 bits per heavy atom. The first-order chi connectivity index (χ1) is 15.0. The number of carbonyl (C=O) groups excluding carboxylic acids is 1. The number of para-hydroxylation sites is 1. The van der Waals surface area contributed by atoms with E-state index in [2.05, 4.69) is 10.3 Å². The van der Waals surface area contributed by atoms with Gasteiger partial charge in [0.2, 0.25) is 5.91 Å². The minimum absolute atomic E-state index is 0.107. The fourth-order valence-electron chi connectivity index (χ4n) is 3.57. The summed E-state index contributed by atoms with van der Waals surface area (Å²) in [5.74, 6) is 0.435. The highest BCUT2D eigenvalue weighted by Gasteiger charge is 2.17. The number of fused-ring (bicyclic) bond motifs is 1. The Bertz CT molecular complexity index is 1290. The van der Waals surface area contributed by atoms with Gasteiger partial charge in [0.15, 0.2) is 0 Å². The Hall–Kier alpha value is -3.45. The first-order valence-corrected chi connectivity index (χ1v) is 10.8. The van der Waals surface area contributed by atoms with Crippen LogP contribution in [0.1, 0.15) is 24.1 Å². The molecule has 0 aliphatic heterocycles. The van der Waals surface area contributed by atoms with Crippen molar-refractivity contribution in [1.82, 2.24) is 14.9 Å². The van der Waals surface area contributed by atoms with Gasteiger partial charge in [0.1, 0.15) is 17.1 Å². The molecule has 0 unspecified atom stereocenters. The molecule has 0 spiro atoms. The number of hydrogen-bond acceptors (Lipinski definition) is 5. The van der Waals surface area contributed by atoms with E-state index in [1.807, 2.05) is 67.8 Å². The van der Waals surface area contributed by atoms with Gasteiger partial charge in [-0.05, 0) is 25.5 Å². The number of amides is 1. The van der Waals surface area contributed by atoms with Gasteiger partial charge in [-0.3, -0.25) is 14.2 Å². The van der Waals surface area contributed by atoms with Crippen LogP contribution in [0.4, 0.5) is 0 Å². The summed E-state index contributed by atoms with van der Waals surface area (Å²) in [7, 11) is 1.60. The number of hydrogen-bond donors (Lipinski definition) is 1. The highest BCUT2D eigenvalue weighted by Crippen LogP contribution is 2.30. The van der Waals surface area contributed by atoms with E-state index in [9.17, 15) is 9.59 Å². The van der Waals surface area contributed by atoms with E-state index in [1.165, 1.54) is 22.2 Å². The summed E-state index contributed by atoms with van der Waals surface area (Å²) in [6, 6.07) is 15.3. The van der Waals surface area contributed by atoms with Crippen molar-refractivity contribution in [1.29, 1.82) is 0 Å². The third-order valence-corrected chi connectivity index (χ3v) is 6.11. The number of aryl methyl sites for hydroxylation is 1. The molecule has 158 valence electrons. The minimum Gasteiger partial charge on any atom is -0.496 e. The van der Waals surface area contributed by atoms with Crippen LogP contribution in [0.5, 0.6) is 5.75 Å². The quantitative estimate of drug-likeness (QED) is 0.492. The standard InChI is InChI=1S/C24H23N3O3S/c1-15-8-10-17(11-9-15)19-13-31-23-22(19)24(29)27(14-25-23)12-21(28)26-16(2)18-6-4-5-7-20(18)30-3/h4-11,13-14,16H,12H2,1-3H3,(H,26,28)/t16-/m0/s1. The zero-order chi connectivity index (χ0) is 22.0. The number of benzene rings is 2. The molecule has 2 heterocycles. The number of ether oxygens (including phenoxy) is 1. The van der Waals surface area contributed by atoms with Crippen molar-refractivity contribution in [2.24, 2.45) is 0 Å². The molecule has 0 saturated carbocycles. The van der Waals surface area contributed by atoms with E-state index in [0.717, 1.165) is 22.3 Å². The molecule has 1 amide bonds. The van der Waals surface area contributed by atoms with Gasteiger partial charge in [-0.25, -0.2) is 4.98 Å². The molecule has 7 heteroatoms. The number of nitrogens with one attached hydrogen (secondary N) is 1. The molecule has 1 N–H and O–H groups in total. The Morgan fingerprint density at radius 3 is 2.68 bits per heavy atom. The number of thiophene rings is 1. The zero-order valence-corrected chi connectivity index (χ0v) is 18.4. The second-order valence-electron chi connectivity index (χ2n) is 7.40. The van der Waals surface area contributed by atoms with Gasteiger partial charge in [0.05, 0.1) is 24.9 Å². The fourth-order valence-corrected chi connectivity index (χ4v) is 4.48. The first-order valence-electron chi connectivity index (χ1n) is 9.94. The van der Waals surface area contributed by atoms with Gasteiger partial charge in [-0.1, -0.05) is 48.0 Å². The van der Waals surface area contributed by atoms with E-state index in [-0.39, 0.29) is 24.1 Å². The number of rotatable bonds is 6. The molecule has 0 radical (unpaired) electrons. The Kier molecular flexibility index (Phi) is 5.86. The van der Waals surface area contributed by atoms with Gasteiger partial charge < -0.3 is 10.1 Å². The average Bonchev–Trinajstić information content (AvgIpc) is 3.21. The van der Waals surface area contributed by atoms with Gasteiger partial charge in [0, 0.05) is 16.5 Å². The molecule has 0 saturated heterocycles. The molecule has 2 aromatic carbocycles. The van der Waals surface area contributed by atoms with Crippen molar-refractivity contribution >= 4 is 27.5 Å². The Balaban J connectivity index is 1.59. The van der Waals surface area contributed by atoms with Crippen LogP contribution in [0.2, 0.25) is 0 Å². The monoisotopic (exact) mass is 433 g/mol. The van der Waals surface area contributed by atoms with Crippen LogP contribution in [0.15, 0.2) is 65.0 Å². The normalized spacial score (nSPS) is 12.0. The average molecular weight is 434 g/mol. The zero-order valence-electron chi connectivity index (χ0n) is 17.6. The van der Waals surface area contributed by atoms with Crippen LogP contribution >= 0.6 is 11.3 Å². The molecular formula is C24H23N3O3S. The summed E-state index contributed by atoms with van der Waals surface area (Å²) in [6.45, 7) is 3.80. The van der Waals surface area contributed by atoms with Crippen molar-refractivity contribution in [3.05, 3.63) is 81.7 Å². The smallest absolute Gasteiger partial charge is 0.263 e. The number of carbonyl (C=O) groups is 1. The van der Waals surface area contributed by atoms with Crippen LogP contribution in [0.25, 0.3) is 21.3 Å². The highest BCUT2D eigenvalue weighted by atomic mass is 32.1. The molecule has 0 aliphatic rings. The van der Waals surface area contributed by atoms with Crippen molar-refractivity contribution in [2.75, 3.05) is 7.11 Å². The third kappa shape index (κ3) is 4.22. The van der Waals surface area contributed by atoms with Gasteiger partial charge in [0.25, 0.3) is 5.56 Å². The lowest BCUT2D eigenvalue weighted by molar-refractivity contribution is -0.122. The lowest BCUT2D eigenvalue weighted by atomic mass is 10.1. The molecule has 1 atom stereocenters. The first kappa shape index (κ1) is 20.8.